The third kappa shape index (κ3) is 4.41. The van der Waals surface area contributed by atoms with Crippen molar-refractivity contribution in [1.82, 2.24) is 15.0 Å². The number of pyridine rings is 3. The van der Waals surface area contributed by atoms with Gasteiger partial charge in [-0.2, -0.15) is 0 Å². The maximum absolute atomic E-state index is 4.53. The number of rotatable bonds is 5. The minimum Gasteiger partial charge on any atom is -0.265 e. The van der Waals surface area contributed by atoms with Crippen LogP contribution in [0.3, 0.4) is 0 Å². The zero-order valence-electron chi connectivity index (χ0n) is 24.9. The monoisotopic (exact) mass is 585 g/mol. The molecule has 0 spiro atoms. The van der Waals surface area contributed by atoms with Gasteiger partial charge in [-0.15, -0.1) is 0 Å². The van der Waals surface area contributed by atoms with E-state index in [9.17, 15) is 0 Å². The predicted molar refractivity (Wildman–Crippen MR) is 191 cm³/mol. The van der Waals surface area contributed by atoms with Crippen molar-refractivity contribution < 1.29 is 0 Å². The second kappa shape index (κ2) is 10.8. The topological polar surface area (TPSA) is 38.7 Å². The van der Waals surface area contributed by atoms with Crippen LogP contribution in [0.1, 0.15) is 0 Å². The summed E-state index contributed by atoms with van der Waals surface area (Å²) in [7, 11) is 0. The van der Waals surface area contributed by atoms with Crippen molar-refractivity contribution in [2.24, 2.45) is 0 Å². The van der Waals surface area contributed by atoms with Crippen LogP contribution >= 0.6 is 0 Å². The van der Waals surface area contributed by atoms with Gasteiger partial charge in [0.1, 0.15) is 0 Å². The summed E-state index contributed by atoms with van der Waals surface area (Å²) in [5, 5.41) is 7.63. The first kappa shape index (κ1) is 26.2. The van der Waals surface area contributed by atoms with Crippen molar-refractivity contribution >= 4 is 32.3 Å². The quantitative estimate of drug-likeness (QED) is 0.189. The number of hydrogen-bond donors (Lipinski definition) is 0. The highest BCUT2D eigenvalue weighted by Gasteiger charge is 2.16. The van der Waals surface area contributed by atoms with Crippen LogP contribution in [0.5, 0.6) is 0 Å². The fourth-order valence-electron chi connectivity index (χ4n) is 6.86. The van der Waals surface area contributed by atoms with Gasteiger partial charge < -0.3 is 0 Å². The molecule has 3 heteroatoms. The van der Waals surface area contributed by atoms with Gasteiger partial charge in [-0.3, -0.25) is 15.0 Å². The number of benzene rings is 6. The highest BCUT2D eigenvalue weighted by atomic mass is 14.7. The molecule has 214 valence electrons. The summed E-state index contributed by atoms with van der Waals surface area (Å²) in [5.41, 5.74) is 11.5. The first-order chi connectivity index (χ1) is 22.8. The van der Waals surface area contributed by atoms with Crippen LogP contribution in [-0.4, -0.2) is 15.0 Å². The number of hydrogen-bond acceptors (Lipinski definition) is 3. The number of aromatic nitrogens is 3. The zero-order valence-corrected chi connectivity index (χ0v) is 24.9. The average molecular weight is 586 g/mol. The van der Waals surface area contributed by atoms with Crippen LogP contribution in [0.4, 0.5) is 0 Å². The van der Waals surface area contributed by atoms with E-state index in [0.717, 1.165) is 33.5 Å². The Balaban J connectivity index is 1.24. The molecule has 0 atom stereocenters. The van der Waals surface area contributed by atoms with Gasteiger partial charge in [-0.1, -0.05) is 78.9 Å². The molecular weight excluding hydrogens is 558 g/mol. The summed E-state index contributed by atoms with van der Waals surface area (Å²) < 4.78 is 0. The second-order valence-electron chi connectivity index (χ2n) is 11.7. The molecule has 3 aromatic heterocycles. The first-order valence-corrected chi connectivity index (χ1v) is 15.5. The van der Waals surface area contributed by atoms with Gasteiger partial charge in [-0.25, -0.2) is 0 Å². The molecule has 6 aromatic carbocycles. The lowest BCUT2D eigenvalue weighted by Crippen LogP contribution is -1.91. The maximum atomic E-state index is 4.53. The fraction of sp³-hybridized carbons (Fsp3) is 0. The average Bonchev–Trinajstić information content (AvgIpc) is 3.14. The maximum Gasteiger partial charge on any atom is 0.0701 e. The van der Waals surface area contributed by atoms with E-state index in [1.165, 1.54) is 54.6 Å². The van der Waals surface area contributed by atoms with Crippen molar-refractivity contribution in [3.63, 3.8) is 0 Å². The Hall–Kier alpha value is -6.19. The molecule has 0 N–H and O–H groups in total. The Morgan fingerprint density at radius 2 is 0.826 bits per heavy atom. The van der Waals surface area contributed by atoms with Gasteiger partial charge in [0.15, 0.2) is 0 Å². The van der Waals surface area contributed by atoms with E-state index >= 15 is 0 Å². The summed E-state index contributed by atoms with van der Waals surface area (Å²) in [6.07, 6.45) is 9.26. The van der Waals surface area contributed by atoms with E-state index in [2.05, 4.69) is 136 Å². The molecule has 3 nitrogen and oxygen atoms in total. The molecule has 0 saturated carbocycles. The van der Waals surface area contributed by atoms with Crippen LogP contribution in [0.15, 0.2) is 164 Å². The van der Waals surface area contributed by atoms with Crippen LogP contribution in [0, 0.1) is 0 Å². The lowest BCUT2D eigenvalue weighted by atomic mass is 9.86. The van der Waals surface area contributed by atoms with E-state index in [0.29, 0.717) is 0 Å². The van der Waals surface area contributed by atoms with E-state index in [-0.39, 0.29) is 0 Å². The SMILES string of the molecule is c1ccc(-c2ccc(-c3ccc4ccc5c(-c6cc(-c7ccncc7)cc(-c7ccncc7)c6)ccc6ccc3c4c65)cc2)nc1. The zero-order chi connectivity index (χ0) is 30.5. The van der Waals surface area contributed by atoms with E-state index in [1.54, 1.807) is 0 Å². The molecule has 3 heterocycles. The van der Waals surface area contributed by atoms with Crippen molar-refractivity contribution in [1.29, 1.82) is 0 Å². The standard InChI is InChI=1S/C43H27N3/c1-2-20-46-41(3-1)31-6-4-30(5-7-31)37-12-8-32-11-15-40-38(13-9-33-10-14-39(37)42(32)43(33)40)36-26-34(28-16-21-44-22-17-28)25-35(27-36)29-18-23-45-24-19-29/h1-27H. The lowest BCUT2D eigenvalue weighted by molar-refractivity contribution is 1.33. The Bertz CT molecular complexity index is 2430. The summed E-state index contributed by atoms with van der Waals surface area (Å²) in [4.78, 5) is 13.0. The molecule has 0 amide bonds. The Labute approximate surface area is 266 Å². The third-order valence-electron chi connectivity index (χ3n) is 9.09. The van der Waals surface area contributed by atoms with Crippen LogP contribution in [0.25, 0.3) is 88.1 Å². The third-order valence-corrected chi connectivity index (χ3v) is 9.09. The smallest absolute Gasteiger partial charge is 0.0701 e. The molecule has 9 rings (SSSR count). The molecule has 0 radical (unpaired) electrons. The molecule has 0 fully saturated rings. The summed E-state index contributed by atoms with van der Waals surface area (Å²) in [5.74, 6) is 0. The lowest BCUT2D eigenvalue weighted by Gasteiger charge is -2.17. The molecule has 0 bridgehead atoms. The van der Waals surface area contributed by atoms with Crippen molar-refractivity contribution in [3.8, 4) is 55.8 Å². The number of nitrogens with zero attached hydrogens (tertiary/aromatic N) is 3. The largest absolute Gasteiger partial charge is 0.265 e. The van der Waals surface area contributed by atoms with Crippen molar-refractivity contribution in [2.45, 2.75) is 0 Å². The van der Waals surface area contributed by atoms with Gasteiger partial charge in [0.05, 0.1) is 5.69 Å². The highest BCUT2D eigenvalue weighted by Crippen LogP contribution is 2.43. The molecule has 0 saturated heterocycles. The highest BCUT2D eigenvalue weighted by molar-refractivity contribution is 6.27. The fourth-order valence-corrected chi connectivity index (χ4v) is 6.86. The van der Waals surface area contributed by atoms with Crippen molar-refractivity contribution in [2.75, 3.05) is 0 Å². The summed E-state index contributed by atoms with van der Waals surface area (Å²) >= 11 is 0. The van der Waals surface area contributed by atoms with Gasteiger partial charge in [0.25, 0.3) is 0 Å². The Morgan fingerprint density at radius 1 is 0.326 bits per heavy atom. The van der Waals surface area contributed by atoms with Gasteiger partial charge in [0, 0.05) is 36.5 Å². The molecular formula is C43H27N3. The van der Waals surface area contributed by atoms with Crippen LogP contribution in [-0.2, 0) is 0 Å². The molecule has 9 aromatic rings. The molecule has 46 heavy (non-hydrogen) atoms. The van der Waals surface area contributed by atoms with Gasteiger partial charge in [0.2, 0.25) is 0 Å². The normalized spacial score (nSPS) is 11.5. The minimum atomic E-state index is 0.983. The second-order valence-corrected chi connectivity index (χ2v) is 11.7. The van der Waals surface area contributed by atoms with Crippen molar-refractivity contribution in [3.05, 3.63) is 164 Å². The summed E-state index contributed by atoms with van der Waals surface area (Å²) in [6.45, 7) is 0. The van der Waals surface area contributed by atoms with E-state index in [1.807, 2.05) is 43.1 Å². The van der Waals surface area contributed by atoms with Crippen LogP contribution < -0.4 is 0 Å². The van der Waals surface area contributed by atoms with E-state index in [4.69, 9.17) is 0 Å². The predicted octanol–water partition coefficient (Wildman–Crippen LogP) is 11.1. The van der Waals surface area contributed by atoms with Crippen LogP contribution in [0.2, 0.25) is 0 Å². The Kier molecular flexibility index (Phi) is 6.14. The van der Waals surface area contributed by atoms with E-state index < -0.39 is 0 Å². The first-order valence-electron chi connectivity index (χ1n) is 15.5. The van der Waals surface area contributed by atoms with Gasteiger partial charge in [-0.05, 0) is 131 Å². The molecule has 0 aliphatic carbocycles. The molecule has 0 unspecified atom stereocenters. The molecule has 0 aliphatic heterocycles. The summed E-state index contributed by atoms with van der Waals surface area (Å²) in [6, 6.07) is 48.2. The van der Waals surface area contributed by atoms with Gasteiger partial charge >= 0.3 is 0 Å². The minimum absolute atomic E-state index is 0.983. The molecule has 0 aliphatic rings. The Morgan fingerprint density at radius 3 is 1.37 bits per heavy atom.